The van der Waals surface area contributed by atoms with Crippen LogP contribution in [0.2, 0.25) is 0 Å². The molecule has 0 aromatic heterocycles. The first-order valence-corrected chi connectivity index (χ1v) is 7.77. The molecule has 15 heavy (non-hydrogen) atoms. The van der Waals surface area contributed by atoms with Gasteiger partial charge in [0.1, 0.15) is 2.14 Å². The van der Waals surface area contributed by atoms with Crippen LogP contribution in [-0.4, -0.2) is 22.9 Å². The molecule has 1 aliphatic carbocycles. The van der Waals surface area contributed by atoms with E-state index in [9.17, 15) is 4.79 Å². The van der Waals surface area contributed by atoms with Crippen molar-refractivity contribution in [2.24, 2.45) is 11.3 Å². The lowest BCUT2D eigenvalue weighted by Crippen LogP contribution is -2.27. The third-order valence-electron chi connectivity index (χ3n) is 2.98. The van der Waals surface area contributed by atoms with Crippen molar-refractivity contribution in [2.45, 2.75) is 25.7 Å². The van der Waals surface area contributed by atoms with E-state index in [-0.39, 0.29) is 10.7 Å². The van der Waals surface area contributed by atoms with Gasteiger partial charge in [0.25, 0.3) is 0 Å². The van der Waals surface area contributed by atoms with Crippen molar-refractivity contribution in [1.82, 2.24) is 0 Å². The largest absolute Gasteiger partial charge is 0.480 e. The van der Waals surface area contributed by atoms with E-state index in [2.05, 4.69) is 63.7 Å². The Hall–Kier alpha value is 1.68. The summed E-state index contributed by atoms with van der Waals surface area (Å²) in [6.07, 6.45) is 0. The molecule has 0 radical (unpaired) electrons. The van der Waals surface area contributed by atoms with Crippen LogP contribution in [0.3, 0.4) is 0 Å². The van der Waals surface area contributed by atoms with E-state index in [0.29, 0.717) is 0 Å². The number of rotatable bonds is 2. The highest BCUT2D eigenvalue weighted by Gasteiger charge is 2.78. The van der Waals surface area contributed by atoms with E-state index in [0.717, 1.165) is 0 Å². The topological polar surface area (TPSA) is 37.3 Å². The van der Waals surface area contributed by atoms with Crippen molar-refractivity contribution >= 4 is 81.3 Å². The standard InChI is InChI=1S/C8H9Br4ClO2/c1-6(2)3(4(9)8(10,11)12)7(6,13)5(14)15/h3-4H,1-2H3,(H,14,15). The molecule has 1 rings (SSSR count). The minimum atomic E-state index is -1.21. The predicted molar refractivity (Wildman–Crippen MR) is 75.7 cm³/mol. The lowest BCUT2D eigenvalue weighted by atomic mass is 10.1. The van der Waals surface area contributed by atoms with Crippen LogP contribution in [0, 0.1) is 11.3 Å². The Labute approximate surface area is 127 Å². The summed E-state index contributed by atoms with van der Waals surface area (Å²) in [5, 5.41) is 9.13. The summed E-state index contributed by atoms with van der Waals surface area (Å²) < 4.78 is -0.555. The molecule has 0 amide bonds. The Morgan fingerprint density at radius 1 is 1.47 bits per heavy atom. The molecule has 0 bridgehead atoms. The summed E-state index contributed by atoms with van der Waals surface area (Å²) in [6, 6.07) is 0. The first-order valence-electron chi connectivity index (χ1n) is 4.10. The van der Waals surface area contributed by atoms with E-state index in [1.54, 1.807) is 0 Å². The lowest BCUT2D eigenvalue weighted by molar-refractivity contribution is -0.138. The fourth-order valence-corrected chi connectivity index (χ4v) is 4.38. The molecule has 88 valence electrons. The lowest BCUT2D eigenvalue weighted by Gasteiger charge is -2.20. The molecule has 3 atom stereocenters. The highest BCUT2D eigenvalue weighted by molar-refractivity contribution is 9.40. The maximum absolute atomic E-state index is 11.1. The summed E-state index contributed by atoms with van der Waals surface area (Å²) in [6.45, 7) is 3.71. The average molecular weight is 492 g/mol. The Morgan fingerprint density at radius 3 is 2.07 bits per heavy atom. The molecular weight excluding hydrogens is 483 g/mol. The van der Waals surface area contributed by atoms with Crippen LogP contribution in [0.4, 0.5) is 0 Å². The second-order valence-corrected chi connectivity index (χ2v) is 12.7. The van der Waals surface area contributed by atoms with Crippen molar-refractivity contribution in [2.75, 3.05) is 0 Å². The summed E-state index contributed by atoms with van der Waals surface area (Å²) in [4.78, 5) is 9.79. The fraction of sp³-hybridized carbons (Fsp3) is 0.875. The van der Waals surface area contributed by atoms with Gasteiger partial charge in [-0.05, 0) is 0 Å². The quantitative estimate of drug-likeness (QED) is 0.584. The second-order valence-electron chi connectivity index (χ2n) is 4.16. The summed E-state index contributed by atoms with van der Waals surface area (Å²) in [5.41, 5.74) is -0.449. The molecule has 1 saturated carbocycles. The number of hydrogen-bond donors (Lipinski definition) is 1. The van der Waals surface area contributed by atoms with Crippen LogP contribution in [0.25, 0.3) is 0 Å². The van der Waals surface area contributed by atoms with Gasteiger partial charge in [-0.15, -0.1) is 11.6 Å². The Bertz CT molecular complexity index is 302. The molecule has 0 aromatic rings. The second kappa shape index (κ2) is 4.11. The number of carboxylic acid groups (broad SMARTS) is 1. The van der Waals surface area contributed by atoms with Crippen molar-refractivity contribution < 1.29 is 9.90 Å². The third-order valence-corrected chi connectivity index (χ3v) is 8.40. The third kappa shape index (κ3) is 2.18. The maximum atomic E-state index is 11.1. The molecular formula is C8H9Br4ClO2. The maximum Gasteiger partial charge on any atom is 0.325 e. The molecule has 0 heterocycles. The monoisotopic (exact) mass is 488 g/mol. The molecule has 0 aliphatic heterocycles. The van der Waals surface area contributed by atoms with Crippen molar-refractivity contribution in [3.63, 3.8) is 0 Å². The van der Waals surface area contributed by atoms with Crippen molar-refractivity contribution in [1.29, 1.82) is 0 Å². The van der Waals surface area contributed by atoms with Crippen molar-refractivity contribution in [3.8, 4) is 0 Å². The van der Waals surface area contributed by atoms with E-state index in [1.807, 2.05) is 13.8 Å². The van der Waals surface area contributed by atoms with Crippen LogP contribution in [-0.2, 0) is 4.79 Å². The van der Waals surface area contributed by atoms with Gasteiger partial charge in [-0.25, -0.2) is 0 Å². The number of carboxylic acids is 1. The summed E-state index contributed by atoms with van der Waals surface area (Å²) in [5.74, 6) is -1.15. The van der Waals surface area contributed by atoms with E-state index in [1.165, 1.54) is 0 Å². The van der Waals surface area contributed by atoms with Gasteiger partial charge in [-0.2, -0.15) is 0 Å². The highest BCUT2D eigenvalue weighted by Crippen LogP contribution is 2.71. The molecule has 1 N–H and O–H groups in total. The molecule has 0 aromatic carbocycles. The smallest absolute Gasteiger partial charge is 0.325 e. The Kier molecular flexibility index (Phi) is 4.04. The Balaban J connectivity index is 2.98. The normalized spacial score (nSPS) is 36.1. The number of aliphatic carboxylic acids is 1. The predicted octanol–water partition coefficient (Wildman–Crippen LogP) is 4.31. The number of alkyl halides is 5. The molecule has 2 nitrogen and oxygen atoms in total. The zero-order valence-corrected chi connectivity index (χ0v) is 15.0. The van der Waals surface area contributed by atoms with E-state index >= 15 is 0 Å². The van der Waals surface area contributed by atoms with Crippen LogP contribution < -0.4 is 0 Å². The van der Waals surface area contributed by atoms with Gasteiger partial charge in [0, 0.05) is 11.3 Å². The molecule has 0 spiro atoms. The summed E-state index contributed by atoms with van der Waals surface area (Å²) >= 11 is 19.7. The number of carbonyl (C=O) groups is 1. The fourth-order valence-electron chi connectivity index (χ4n) is 1.91. The minimum absolute atomic E-state index is 0.145. The van der Waals surface area contributed by atoms with Gasteiger partial charge in [0.05, 0.1) is 4.83 Å². The van der Waals surface area contributed by atoms with E-state index < -0.39 is 18.4 Å². The zero-order valence-electron chi connectivity index (χ0n) is 7.90. The highest BCUT2D eigenvalue weighted by atomic mass is 80.0. The first-order chi connectivity index (χ1) is 6.47. The van der Waals surface area contributed by atoms with Gasteiger partial charge in [0.2, 0.25) is 0 Å². The van der Waals surface area contributed by atoms with Crippen LogP contribution >= 0.6 is 75.3 Å². The number of halogens is 5. The van der Waals surface area contributed by atoms with Crippen LogP contribution in [0.5, 0.6) is 0 Å². The average Bonchev–Trinajstić information content (AvgIpc) is 2.45. The summed E-state index contributed by atoms with van der Waals surface area (Å²) in [7, 11) is 0. The van der Waals surface area contributed by atoms with E-state index in [4.69, 9.17) is 16.7 Å². The van der Waals surface area contributed by atoms with Gasteiger partial charge < -0.3 is 5.11 Å². The van der Waals surface area contributed by atoms with Crippen LogP contribution in [0.15, 0.2) is 0 Å². The number of hydrogen-bond acceptors (Lipinski definition) is 1. The van der Waals surface area contributed by atoms with Gasteiger partial charge in [-0.3, -0.25) is 4.79 Å². The van der Waals surface area contributed by atoms with Gasteiger partial charge >= 0.3 is 5.97 Å². The van der Waals surface area contributed by atoms with Gasteiger partial charge in [0.15, 0.2) is 4.87 Å². The SMILES string of the molecule is CC1(C)C(C(Br)C(Br)(Br)Br)C1(Cl)C(=O)O. The van der Waals surface area contributed by atoms with Gasteiger partial charge in [-0.1, -0.05) is 77.6 Å². The molecule has 7 heteroatoms. The van der Waals surface area contributed by atoms with Crippen molar-refractivity contribution in [3.05, 3.63) is 0 Å². The molecule has 0 saturated heterocycles. The molecule has 1 fully saturated rings. The molecule has 3 unspecified atom stereocenters. The minimum Gasteiger partial charge on any atom is -0.480 e. The zero-order chi connectivity index (χ0) is 12.2. The Morgan fingerprint density at radius 2 is 1.87 bits per heavy atom. The molecule has 1 aliphatic rings. The first kappa shape index (κ1) is 14.7. The van der Waals surface area contributed by atoms with Crippen LogP contribution in [0.1, 0.15) is 13.8 Å².